The molecular formula is C12H18ClN3. The summed E-state index contributed by atoms with van der Waals surface area (Å²) in [6.45, 7) is 3.59. The van der Waals surface area contributed by atoms with Crippen LogP contribution in [-0.2, 0) is 6.54 Å². The summed E-state index contributed by atoms with van der Waals surface area (Å²) >= 11 is 5.82. The van der Waals surface area contributed by atoms with Crippen molar-refractivity contribution in [2.24, 2.45) is 11.7 Å². The van der Waals surface area contributed by atoms with Gasteiger partial charge >= 0.3 is 0 Å². The van der Waals surface area contributed by atoms with Gasteiger partial charge in [0.05, 0.1) is 5.84 Å². The van der Waals surface area contributed by atoms with Crippen LogP contribution in [0.4, 0.5) is 0 Å². The fourth-order valence-electron chi connectivity index (χ4n) is 1.53. The molecule has 0 heterocycles. The summed E-state index contributed by atoms with van der Waals surface area (Å²) in [6, 6.07) is 7.80. The van der Waals surface area contributed by atoms with Gasteiger partial charge in [0.15, 0.2) is 0 Å². The molecule has 0 aromatic heterocycles. The predicted molar refractivity (Wildman–Crippen MR) is 68.9 cm³/mol. The number of hydrogen-bond acceptors (Lipinski definition) is 2. The maximum absolute atomic E-state index is 7.34. The summed E-state index contributed by atoms with van der Waals surface area (Å²) in [5.74, 6) is 0.334. The van der Waals surface area contributed by atoms with E-state index in [-0.39, 0.29) is 11.8 Å². The van der Waals surface area contributed by atoms with Gasteiger partial charge in [-0.2, -0.15) is 0 Å². The van der Waals surface area contributed by atoms with Crippen LogP contribution in [0.3, 0.4) is 0 Å². The van der Waals surface area contributed by atoms with Crippen LogP contribution < -0.4 is 5.73 Å². The van der Waals surface area contributed by atoms with E-state index in [1.807, 2.05) is 38.2 Å². The minimum atomic E-state index is 0.0947. The molecule has 1 rings (SSSR count). The van der Waals surface area contributed by atoms with E-state index in [9.17, 15) is 0 Å². The highest BCUT2D eigenvalue weighted by Gasteiger charge is 2.09. The quantitative estimate of drug-likeness (QED) is 0.612. The Hall–Kier alpha value is -1.06. The van der Waals surface area contributed by atoms with Crippen molar-refractivity contribution >= 4 is 17.4 Å². The summed E-state index contributed by atoms with van der Waals surface area (Å²) < 4.78 is 0. The van der Waals surface area contributed by atoms with Crippen LogP contribution in [0.2, 0.25) is 5.02 Å². The van der Waals surface area contributed by atoms with Gasteiger partial charge in [-0.3, -0.25) is 5.41 Å². The van der Waals surface area contributed by atoms with Gasteiger partial charge in [0.1, 0.15) is 0 Å². The zero-order valence-corrected chi connectivity index (χ0v) is 10.5. The van der Waals surface area contributed by atoms with Gasteiger partial charge in [0.25, 0.3) is 0 Å². The minimum absolute atomic E-state index is 0.0947. The van der Waals surface area contributed by atoms with Crippen LogP contribution in [0.25, 0.3) is 0 Å². The van der Waals surface area contributed by atoms with Crippen LogP contribution >= 0.6 is 11.6 Å². The summed E-state index contributed by atoms with van der Waals surface area (Å²) in [6.07, 6.45) is 0. The predicted octanol–water partition coefficient (Wildman–Crippen LogP) is 2.34. The molecule has 4 heteroatoms. The molecule has 0 saturated carbocycles. The molecule has 1 atom stereocenters. The van der Waals surface area contributed by atoms with Gasteiger partial charge in [-0.05, 0) is 24.7 Å². The molecule has 0 fully saturated rings. The Morgan fingerprint density at radius 1 is 1.44 bits per heavy atom. The number of hydrogen-bond donors (Lipinski definition) is 2. The second-order valence-corrected chi connectivity index (χ2v) is 4.62. The van der Waals surface area contributed by atoms with Gasteiger partial charge in [0.2, 0.25) is 0 Å². The van der Waals surface area contributed by atoms with Crippen molar-refractivity contribution in [3.63, 3.8) is 0 Å². The number of nitrogens with zero attached hydrogens (tertiary/aromatic N) is 1. The Labute approximate surface area is 102 Å². The van der Waals surface area contributed by atoms with Crippen LogP contribution in [0, 0.1) is 11.3 Å². The van der Waals surface area contributed by atoms with Crippen molar-refractivity contribution < 1.29 is 0 Å². The zero-order valence-electron chi connectivity index (χ0n) is 9.70. The molecule has 1 unspecified atom stereocenters. The van der Waals surface area contributed by atoms with E-state index < -0.39 is 0 Å². The standard InChI is InChI=1S/C12H18ClN3/c1-9(12(14)15)7-16(2)8-10-3-5-11(13)6-4-10/h3-6,9H,7-8H2,1-2H3,(H3,14,15). The highest BCUT2D eigenvalue weighted by molar-refractivity contribution is 6.30. The van der Waals surface area contributed by atoms with E-state index in [1.54, 1.807) is 0 Å². The first-order chi connectivity index (χ1) is 7.49. The van der Waals surface area contributed by atoms with Gasteiger partial charge in [-0.1, -0.05) is 30.7 Å². The van der Waals surface area contributed by atoms with Crippen molar-refractivity contribution in [2.45, 2.75) is 13.5 Å². The number of rotatable bonds is 5. The second kappa shape index (κ2) is 5.87. The average Bonchev–Trinajstić information content (AvgIpc) is 2.21. The molecule has 16 heavy (non-hydrogen) atoms. The lowest BCUT2D eigenvalue weighted by atomic mass is 10.1. The monoisotopic (exact) mass is 239 g/mol. The lowest BCUT2D eigenvalue weighted by Gasteiger charge is -2.20. The van der Waals surface area contributed by atoms with E-state index in [0.29, 0.717) is 0 Å². The minimum Gasteiger partial charge on any atom is -0.387 e. The highest BCUT2D eigenvalue weighted by Crippen LogP contribution is 2.11. The highest BCUT2D eigenvalue weighted by atomic mass is 35.5. The van der Waals surface area contributed by atoms with Crippen LogP contribution in [0.1, 0.15) is 12.5 Å². The zero-order chi connectivity index (χ0) is 12.1. The molecule has 0 spiro atoms. The van der Waals surface area contributed by atoms with E-state index in [2.05, 4.69) is 4.90 Å². The fraction of sp³-hybridized carbons (Fsp3) is 0.417. The van der Waals surface area contributed by atoms with Crippen molar-refractivity contribution in [2.75, 3.05) is 13.6 Å². The van der Waals surface area contributed by atoms with Crippen LogP contribution in [0.5, 0.6) is 0 Å². The smallest absolute Gasteiger partial charge is 0.0947 e. The maximum atomic E-state index is 7.34. The molecule has 3 nitrogen and oxygen atoms in total. The van der Waals surface area contributed by atoms with Crippen molar-refractivity contribution in [3.8, 4) is 0 Å². The second-order valence-electron chi connectivity index (χ2n) is 4.18. The van der Waals surface area contributed by atoms with E-state index >= 15 is 0 Å². The maximum Gasteiger partial charge on any atom is 0.0947 e. The third kappa shape index (κ3) is 4.21. The normalized spacial score (nSPS) is 12.8. The number of nitrogens with two attached hydrogens (primary N) is 1. The number of benzene rings is 1. The molecule has 0 radical (unpaired) electrons. The van der Waals surface area contributed by atoms with Crippen molar-refractivity contribution in [1.29, 1.82) is 5.41 Å². The van der Waals surface area contributed by atoms with E-state index in [4.69, 9.17) is 22.7 Å². The summed E-state index contributed by atoms with van der Waals surface area (Å²) in [4.78, 5) is 2.15. The van der Waals surface area contributed by atoms with E-state index in [0.717, 1.165) is 18.1 Å². The molecule has 3 N–H and O–H groups in total. The van der Waals surface area contributed by atoms with Crippen molar-refractivity contribution in [1.82, 2.24) is 4.90 Å². The third-order valence-electron chi connectivity index (χ3n) is 2.48. The fourth-order valence-corrected chi connectivity index (χ4v) is 1.66. The van der Waals surface area contributed by atoms with Gasteiger partial charge < -0.3 is 10.6 Å². The molecular weight excluding hydrogens is 222 g/mol. The number of halogens is 1. The first-order valence-corrected chi connectivity index (χ1v) is 5.63. The third-order valence-corrected chi connectivity index (χ3v) is 2.73. The summed E-state index contributed by atoms with van der Waals surface area (Å²) in [5.41, 5.74) is 6.65. The summed E-state index contributed by atoms with van der Waals surface area (Å²) in [5, 5.41) is 8.09. The van der Waals surface area contributed by atoms with Gasteiger partial charge in [-0.15, -0.1) is 0 Å². The SMILES string of the molecule is CC(CN(C)Cc1ccc(Cl)cc1)C(=N)N. The molecule has 1 aromatic carbocycles. The van der Waals surface area contributed by atoms with Crippen LogP contribution in [0.15, 0.2) is 24.3 Å². The Kier molecular flexibility index (Phi) is 4.77. The molecule has 0 saturated heterocycles. The van der Waals surface area contributed by atoms with E-state index in [1.165, 1.54) is 5.56 Å². The first-order valence-electron chi connectivity index (χ1n) is 5.26. The molecule has 0 aliphatic rings. The summed E-state index contributed by atoms with van der Waals surface area (Å²) in [7, 11) is 2.02. The van der Waals surface area contributed by atoms with Gasteiger partial charge in [0, 0.05) is 24.0 Å². The lowest BCUT2D eigenvalue weighted by molar-refractivity contribution is 0.306. The number of amidine groups is 1. The van der Waals surface area contributed by atoms with Crippen LogP contribution in [-0.4, -0.2) is 24.3 Å². The Morgan fingerprint density at radius 2 is 2.00 bits per heavy atom. The first kappa shape index (κ1) is 13.0. The number of nitrogens with one attached hydrogen (secondary N) is 1. The molecule has 0 aliphatic heterocycles. The Balaban J connectivity index is 2.48. The molecule has 0 bridgehead atoms. The van der Waals surface area contributed by atoms with Crippen molar-refractivity contribution in [3.05, 3.63) is 34.9 Å². The average molecular weight is 240 g/mol. The molecule has 1 aromatic rings. The topological polar surface area (TPSA) is 53.1 Å². The largest absolute Gasteiger partial charge is 0.387 e. The molecule has 0 aliphatic carbocycles. The molecule has 0 amide bonds. The van der Waals surface area contributed by atoms with Gasteiger partial charge in [-0.25, -0.2) is 0 Å². The molecule has 88 valence electrons. The lowest BCUT2D eigenvalue weighted by Crippen LogP contribution is -2.31. The Morgan fingerprint density at radius 3 is 2.50 bits per heavy atom. The Bertz CT molecular complexity index is 348.